The number of hydrogen-bond donors (Lipinski definition) is 0. The van der Waals surface area contributed by atoms with Crippen LogP contribution in [0.1, 0.15) is 22.5 Å². The molecule has 0 amide bonds. The van der Waals surface area contributed by atoms with E-state index in [2.05, 4.69) is 4.98 Å². The van der Waals surface area contributed by atoms with E-state index in [1.165, 1.54) is 0 Å². The first-order chi connectivity index (χ1) is 14.5. The zero-order valence-corrected chi connectivity index (χ0v) is 17.7. The van der Waals surface area contributed by atoms with Crippen LogP contribution in [0.4, 0.5) is 0 Å². The fraction of sp³-hybridized carbons (Fsp3) is 0.174. The van der Waals surface area contributed by atoms with Crippen molar-refractivity contribution in [3.8, 4) is 11.6 Å². The molecule has 5 rings (SSSR count). The first kappa shape index (κ1) is 18.6. The van der Waals surface area contributed by atoms with Gasteiger partial charge in [0.05, 0.1) is 17.1 Å². The molecule has 150 valence electrons. The second-order valence-electron chi connectivity index (χ2n) is 7.34. The highest BCUT2D eigenvalue weighted by molar-refractivity contribution is 6.31. The third-order valence-electron chi connectivity index (χ3n) is 5.24. The summed E-state index contributed by atoms with van der Waals surface area (Å²) < 4.78 is 9.83. The van der Waals surface area contributed by atoms with E-state index in [0.29, 0.717) is 17.5 Å². The monoisotopic (exact) mass is 417 g/mol. The summed E-state index contributed by atoms with van der Waals surface area (Å²) in [7, 11) is 0. The molecule has 0 N–H and O–H groups in total. The molecule has 0 aliphatic rings. The van der Waals surface area contributed by atoms with Crippen molar-refractivity contribution in [1.82, 2.24) is 24.1 Å². The number of benzene rings is 1. The van der Waals surface area contributed by atoms with Crippen molar-refractivity contribution >= 4 is 28.3 Å². The maximum atomic E-state index is 6.34. The lowest BCUT2D eigenvalue weighted by molar-refractivity contribution is 0.290. The van der Waals surface area contributed by atoms with Crippen molar-refractivity contribution in [2.45, 2.75) is 27.4 Å². The van der Waals surface area contributed by atoms with Crippen LogP contribution in [0.5, 0.6) is 5.88 Å². The van der Waals surface area contributed by atoms with Gasteiger partial charge in [0.2, 0.25) is 5.88 Å². The quantitative estimate of drug-likeness (QED) is 0.402. The smallest absolute Gasteiger partial charge is 0.215 e. The minimum Gasteiger partial charge on any atom is -0.471 e. The third kappa shape index (κ3) is 3.09. The van der Waals surface area contributed by atoms with Crippen molar-refractivity contribution in [2.24, 2.45) is 0 Å². The maximum absolute atomic E-state index is 6.34. The molecule has 0 saturated carbocycles. The van der Waals surface area contributed by atoms with E-state index in [0.717, 1.165) is 44.9 Å². The molecule has 0 bridgehead atoms. The van der Waals surface area contributed by atoms with Crippen molar-refractivity contribution in [3.63, 3.8) is 0 Å². The summed E-state index contributed by atoms with van der Waals surface area (Å²) in [4.78, 5) is 9.35. The lowest BCUT2D eigenvalue weighted by Gasteiger charge is -2.10. The Bertz CT molecular complexity index is 1370. The van der Waals surface area contributed by atoms with Crippen LogP contribution < -0.4 is 4.74 Å². The molecule has 7 heteroatoms. The summed E-state index contributed by atoms with van der Waals surface area (Å²) >= 11 is 6.34. The number of fused-ring (bicyclic) bond motifs is 2. The molecule has 0 radical (unpaired) electrons. The normalized spacial score (nSPS) is 11.5. The maximum Gasteiger partial charge on any atom is 0.215 e. The molecule has 0 atom stereocenters. The predicted molar refractivity (Wildman–Crippen MR) is 118 cm³/mol. The summed E-state index contributed by atoms with van der Waals surface area (Å²) in [6.45, 7) is 6.36. The highest BCUT2D eigenvalue weighted by Gasteiger charge is 2.17. The molecular formula is C23H20ClN5O. The van der Waals surface area contributed by atoms with Gasteiger partial charge in [0.15, 0.2) is 5.65 Å². The Morgan fingerprint density at radius 2 is 1.90 bits per heavy atom. The van der Waals surface area contributed by atoms with Gasteiger partial charge in [0, 0.05) is 28.9 Å². The van der Waals surface area contributed by atoms with Crippen molar-refractivity contribution < 1.29 is 4.74 Å². The molecule has 0 saturated heterocycles. The van der Waals surface area contributed by atoms with E-state index in [9.17, 15) is 0 Å². The second kappa shape index (κ2) is 7.15. The number of aromatic nitrogens is 5. The fourth-order valence-corrected chi connectivity index (χ4v) is 3.92. The standard InChI is InChI=1S/C23H20ClN5O/c1-14-11-21(30-13-17-12-28-10-5-4-9-20(28)25-17)26-23-22(14)16(3)27-29(23)19-8-6-7-18(24)15(19)2/h4-12H,13H2,1-3H3. The minimum atomic E-state index is 0.336. The van der Waals surface area contributed by atoms with Crippen LogP contribution in [0.3, 0.4) is 0 Å². The van der Waals surface area contributed by atoms with Gasteiger partial charge in [0.1, 0.15) is 12.3 Å². The van der Waals surface area contributed by atoms with Gasteiger partial charge >= 0.3 is 0 Å². The first-order valence-electron chi connectivity index (χ1n) is 9.69. The van der Waals surface area contributed by atoms with Gasteiger partial charge in [-0.2, -0.15) is 10.1 Å². The van der Waals surface area contributed by atoms with E-state index < -0.39 is 0 Å². The molecular weight excluding hydrogens is 398 g/mol. The topological polar surface area (TPSA) is 57.2 Å². The van der Waals surface area contributed by atoms with Crippen LogP contribution in [0, 0.1) is 20.8 Å². The van der Waals surface area contributed by atoms with Gasteiger partial charge in [0.25, 0.3) is 0 Å². The number of rotatable bonds is 4. The van der Waals surface area contributed by atoms with Gasteiger partial charge in [-0.25, -0.2) is 9.67 Å². The number of pyridine rings is 2. The van der Waals surface area contributed by atoms with Gasteiger partial charge in [-0.15, -0.1) is 0 Å². The highest BCUT2D eigenvalue weighted by Crippen LogP contribution is 2.29. The number of aryl methyl sites for hydroxylation is 2. The van der Waals surface area contributed by atoms with Gasteiger partial charge in [-0.05, 0) is 56.2 Å². The molecule has 5 aromatic rings. The predicted octanol–water partition coefficient (Wildman–Crippen LogP) is 5.23. The van der Waals surface area contributed by atoms with Crippen LogP contribution in [-0.4, -0.2) is 24.1 Å². The number of imidazole rings is 1. The van der Waals surface area contributed by atoms with E-state index in [4.69, 9.17) is 26.4 Å². The van der Waals surface area contributed by atoms with Gasteiger partial charge in [-0.3, -0.25) is 0 Å². The van der Waals surface area contributed by atoms with Crippen molar-refractivity contribution in [3.05, 3.63) is 82.4 Å². The molecule has 0 unspecified atom stereocenters. The molecule has 4 heterocycles. The van der Waals surface area contributed by atoms with Crippen LogP contribution in [0.2, 0.25) is 5.02 Å². The van der Waals surface area contributed by atoms with Crippen molar-refractivity contribution in [2.75, 3.05) is 0 Å². The number of hydrogen-bond acceptors (Lipinski definition) is 4. The van der Waals surface area contributed by atoms with E-state index in [-0.39, 0.29) is 0 Å². The molecule has 1 aromatic carbocycles. The Labute approximate surface area is 178 Å². The number of halogens is 1. The Kier molecular flexibility index (Phi) is 4.44. The Balaban J connectivity index is 1.54. The Morgan fingerprint density at radius 1 is 1.03 bits per heavy atom. The second-order valence-corrected chi connectivity index (χ2v) is 7.75. The van der Waals surface area contributed by atoms with E-state index in [1.807, 2.05) is 84.7 Å². The first-order valence-corrected chi connectivity index (χ1v) is 10.1. The summed E-state index contributed by atoms with van der Waals surface area (Å²) in [5, 5.41) is 6.46. The van der Waals surface area contributed by atoms with Crippen LogP contribution in [0.25, 0.3) is 22.4 Å². The van der Waals surface area contributed by atoms with E-state index in [1.54, 1.807) is 0 Å². The Hall–Kier alpha value is -3.38. The molecule has 4 aromatic heterocycles. The van der Waals surface area contributed by atoms with E-state index >= 15 is 0 Å². The average molecular weight is 418 g/mol. The van der Waals surface area contributed by atoms with Crippen LogP contribution in [-0.2, 0) is 6.61 Å². The molecule has 0 fully saturated rings. The average Bonchev–Trinajstić information content (AvgIpc) is 3.29. The minimum absolute atomic E-state index is 0.336. The van der Waals surface area contributed by atoms with Crippen LogP contribution in [0.15, 0.2) is 54.9 Å². The molecule has 6 nitrogen and oxygen atoms in total. The highest BCUT2D eigenvalue weighted by atomic mass is 35.5. The fourth-order valence-electron chi connectivity index (χ4n) is 3.75. The largest absolute Gasteiger partial charge is 0.471 e. The lowest BCUT2D eigenvalue weighted by atomic mass is 10.1. The number of nitrogens with zero attached hydrogens (tertiary/aromatic N) is 5. The van der Waals surface area contributed by atoms with Crippen LogP contribution >= 0.6 is 11.6 Å². The summed E-state index contributed by atoms with van der Waals surface area (Å²) in [6.07, 6.45) is 3.93. The molecule has 0 spiro atoms. The zero-order chi connectivity index (χ0) is 20.8. The number of ether oxygens (including phenoxy) is 1. The molecule has 30 heavy (non-hydrogen) atoms. The third-order valence-corrected chi connectivity index (χ3v) is 5.65. The molecule has 0 aliphatic carbocycles. The zero-order valence-electron chi connectivity index (χ0n) is 16.9. The molecule has 0 aliphatic heterocycles. The SMILES string of the molecule is Cc1c(Cl)cccc1-n1nc(C)c2c(C)cc(OCc3cn4ccccc4n3)nc21. The summed E-state index contributed by atoms with van der Waals surface area (Å²) in [6, 6.07) is 13.6. The van der Waals surface area contributed by atoms with Gasteiger partial charge in [-0.1, -0.05) is 23.7 Å². The Morgan fingerprint density at radius 3 is 2.73 bits per heavy atom. The summed E-state index contributed by atoms with van der Waals surface area (Å²) in [5.41, 5.74) is 6.33. The lowest BCUT2D eigenvalue weighted by Crippen LogP contribution is -2.03. The summed E-state index contributed by atoms with van der Waals surface area (Å²) in [5.74, 6) is 0.540. The van der Waals surface area contributed by atoms with Crippen molar-refractivity contribution in [1.29, 1.82) is 0 Å². The van der Waals surface area contributed by atoms with Gasteiger partial charge < -0.3 is 9.14 Å².